The molecule has 0 saturated heterocycles. The van der Waals surface area contributed by atoms with Crippen LogP contribution < -0.4 is 4.74 Å². The zero-order valence-corrected chi connectivity index (χ0v) is 8.67. The van der Waals surface area contributed by atoms with Gasteiger partial charge >= 0.3 is 0 Å². The molecule has 0 N–H and O–H groups in total. The third kappa shape index (κ3) is 1.98. The number of hydrogen-bond acceptors (Lipinski definition) is 1. The van der Waals surface area contributed by atoms with Gasteiger partial charge in [0.2, 0.25) is 0 Å². The van der Waals surface area contributed by atoms with E-state index in [9.17, 15) is 0 Å². The minimum absolute atomic E-state index is 0.361. The van der Waals surface area contributed by atoms with E-state index in [4.69, 9.17) is 39.5 Å². The number of rotatable bonds is 2. The number of benzene rings is 1. The van der Waals surface area contributed by atoms with Gasteiger partial charge in [0.25, 0.3) is 0 Å². The lowest BCUT2D eigenvalue weighted by Gasteiger charge is -2.06. The molecule has 1 rings (SSSR count). The van der Waals surface area contributed by atoms with Gasteiger partial charge in [-0.05, 0) is 6.07 Å². The number of hydrogen-bond donors (Lipinski definition) is 0. The quantitative estimate of drug-likeness (QED) is 0.697. The molecule has 0 spiro atoms. The predicted octanol–water partition coefficient (Wildman–Crippen LogP) is 3.74. The third-order valence-electron chi connectivity index (χ3n) is 1.47. The van der Waals surface area contributed by atoms with Crippen molar-refractivity contribution in [3.8, 4) is 5.75 Å². The second-order valence-corrected chi connectivity index (χ2v) is 3.29. The molecule has 0 amide bonds. The first-order valence-corrected chi connectivity index (χ1v) is 4.56. The van der Waals surface area contributed by atoms with Gasteiger partial charge in [-0.2, -0.15) is 0 Å². The zero-order chi connectivity index (χ0) is 9.14. The Balaban J connectivity index is 3.19. The van der Waals surface area contributed by atoms with Crippen LogP contribution in [0.4, 0.5) is 0 Å². The molecule has 66 valence electrons. The van der Waals surface area contributed by atoms with Crippen molar-refractivity contribution in [3.05, 3.63) is 27.7 Å². The largest absolute Gasteiger partial charge is 0.496 e. The Bertz CT molecular complexity index is 257. The monoisotopic (exact) mass is 224 g/mol. The molecule has 0 unspecified atom stereocenters. The summed E-state index contributed by atoms with van der Waals surface area (Å²) < 4.78 is 5.04. The van der Waals surface area contributed by atoms with Crippen molar-refractivity contribution in [1.82, 2.24) is 0 Å². The van der Waals surface area contributed by atoms with Gasteiger partial charge in [0.1, 0.15) is 5.75 Å². The van der Waals surface area contributed by atoms with Crippen molar-refractivity contribution in [2.45, 2.75) is 5.88 Å². The Morgan fingerprint density at radius 1 is 1.25 bits per heavy atom. The highest BCUT2D eigenvalue weighted by Gasteiger charge is 2.06. The van der Waals surface area contributed by atoms with Crippen LogP contribution in [0.15, 0.2) is 12.1 Å². The number of methoxy groups -OCH3 is 1. The molecular formula is C8H7Cl3O. The van der Waals surface area contributed by atoms with Gasteiger partial charge in [0.05, 0.1) is 23.0 Å². The predicted molar refractivity (Wildman–Crippen MR) is 52.6 cm³/mol. The lowest BCUT2D eigenvalue weighted by molar-refractivity contribution is 0.411. The fourth-order valence-corrected chi connectivity index (χ4v) is 1.41. The minimum atomic E-state index is 0.361. The summed E-state index contributed by atoms with van der Waals surface area (Å²) in [4.78, 5) is 0. The average molecular weight is 226 g/mol. The molecule has 1 aromatic rings. The van der Waals surface area contributed by atoms with Crippen molar-refractivity contribution < 1.29 is 4.74 Å². The highest BCUT2D eigenvalue weighted by atomic mass is 35.5. The van der Waals surface area contributed by atoms with E-state index < -0.39 is 0 Å². The first-order valence-electron chi connectivity index (χ1n) is 3.27. The van der Waals surface area contributed by atoms with E-state index in [1.54, 1.807) is 19.2 Å². The maximum Gasteiger partial charge on any atom is 0.124 e. The summed E-state index contributed by atoms with van der Waals surface area (Å²) in [5, 5.41) is 0.968. The van der Waals surface area contributed by atoms with E-state index in [0.29, 0.717) is 21.7 Å². The summed E-state index contributed by atoms with van der Waals surface area (Å²) in [7, 11) is 1.57. The number of halogens is 3. The lowest BCUT2D eigenvalue weighted by atomic mass is 10.2. The van der Waals surface area contributed by atoms with E-state index >= 15 is 0 Å². The molecule has 1 aromatic carbocycles. The van der Waals surface area contributed by atoms with Gasteiger partial charge < -0.3 is 4.74 Å². The smallest absolute Gasteiger partial charge is 0.124 e. The van der Waals surface area contributed by atoms with Crippen molar-refractivity contribution in [2.24, 2.45) is 0 Å². The molecule has 0 fully saturated rings. The summed E-state index contributed by atoms with van der Waals surface area (Å²) in [6.07, 6.45) is 0. The molecule has 12 heavy (non-hydrogen) atoms. The van der Waals surface area contributed by atoms with Crippen LogP contribution in [-0.2, 0) is 5.88 Å². The third-order valence-corrected chi connectivity index (χ3v) is 2.48. The van der Waals surface area contributed by atoms with Gasteiger partial charge in [-0.25, -0.2) is 0 Å². The first kappa shape index (κ1) is 9.97. The van der Waals surface area contributed by atoms with Crippen LogP contribution in [0.2, 0.25) is 10.0 Å². The van der Waals surface area contributed by atoms with Gasteiger partial charge in [-0.15, -0.1) is 11.6 Å². The molecule has 0 aliphatic carbocycles. The maximum absolute atomic E-state index is 5.78. The van der Waals surface area contributed by atoms with Crippen molar-refractivity contribution in [2.75, 3.05) is 7.11 Å². The summed E-state index contributed by atoms with van der Waals surface area (Å²) in [6, 6.07) is 3.36. The summed E-state index contributed by atoms with van der Waals surface area (Å²) in [6.45, 7) is 0. The fourth-order valence-electron chi connectivity index (χ4n) is 0.864. The molecule has 0 saturated carbocycles. The highest BCUT2D eigenvalue weighted by Crippen LogP contribution is 2.31. The van der Waals surface area contributed by atoms with Crippen LogP contribution in [-0.4, -0.2) is 7.11 Å². The van der Waals surface area contributed by atoms with E-state index in [1.165, 1.54) is 0 Å². The second-order valence-electron chi connectivity index (χ2n) is 2.21. The Labute approximate surface area is 86.2 Å². The topological polar surface area (TPSA) is 9.23 Å². The Kier molecular flexibility index (Phi) is 3.51. The molecule has 0 heterocycles. The molecule has 0 aliphatic rings. The maximum atomic E-state index is 5.78. The molecule has 0 bridgehead atoms. The van der Waals surface area contributed by atoms with Gasteiger partial charge in [0, 0.05) is 11.6 Å². The van der Waals surface area contributed by atoms with Crippen LogP contribution >= 0.6 is 34.8 Å². The summed E-state index contributed by atoms with van der Waals surface area (Å²) >= 11 is 17.2. The number of ether oxygens (including phenoxy) is 1. The molecule has 0 aliphatic heterocycles. The first-order chi connectivity index (χ1) is 5.69. The summed E-state index contributed by atoms with van der Waals surface area (Å²) in [5.41, 5.74) is 0.841. The zero-order valence-electron chi connectivity index (χ0n) is 6.40. The Hall–Kier alpha value is -0.110. The standard InChI is InChI=1S/C8H7Cl3O/c1-12-8-3-7(11)6(10)2-5(8)4-9/h2-3H,4H2,1H3. The second kappa shape index (κ2) is 4.22. The van der Waals surface area contributed by atoms with E-state index in [1.807, 2.05) is 0 Å². The van der Waals surface area contributed by atoms with Crippen LogP contribution in [0.3, 0.4) is 0 Å². The van der Waals surface area contributed by atoms with Crippen molar-refractivity contribution >= 4 is 34.8 Å². The molecule has 0 radical (unpaired) electrons. The van der Waals surface area contributed by atoms with Gasteiger partial charge in [-0.1, -0.05) is 23.2 Å². The van der Waals surface area contributed by atoms with E-state index in [2.05, 4.69) is 0 Å². The number of alkyl halides is 1. The minimum Gasteiger partial charge on any atom is -0.496 e. The van der Waals surface area contributed by atoms with Crippen LogP contribution in [0.25, 0.3) is 0 Å². The Morgan fingerprint density at radius 2 is 1.83 bits per heavy atom. The molecule has 0 aromatic heterocycles. The van der Waals surface area contributed by atoms with E-state index in [-0.39, 0.29) is 0 Å². The summed E-state index contributed by atoms with van der Waals surface area (Å²) in [5.74, 6) is 1.03. The molecule has 1 nitrogen and oxygen atoms in total. The van der Waals surface area contributed by atoms with Crippen LogP contribution in [0.5, 0.6) is 5.75 Å². The van der Waals surface area contributed by atoms with Gasteiger partial charge in [-0.3, -0.25) is 0 Å². The highest BCUT2D eigenvalue weighted by molar-refractivity contribution is 6.42. The molecule has 0 atom stereocenters. The van der Waals surface area contributed by atoms with Gasteiger partial charge in [0.15, 0.2) is 0 Å². The fraction of sp³-hybridized carbons (Fsp3) is 0.250. The van der Waals surface area contributed by atoms with Crippen molar-refractivity contribution in [3.63, 3.8) is 0 Å². The normalized spacial score (nSPS) is 10.0. The molecule has 4 heteroatoms. The lowest BCUT2D eigenvalue weighted by Crippen LogP contribution is -1.89. The van der Waals surface area contributed by atoms with E-state index in [0.717, 1.165) is 5.56 Å². The van der Waals surface area contributed by atoms with Crippen LogP contribution in [0.1, 0.15) is 5.56 Å². The Morgan fingerprint density at radius 3 is 2.33 bits per heavy atom. The molecular weight excluding hydrogens is 218 g/mol. The van der Waals surface area contributed by atoms with Crippen molar-refractivity contribution in [1.29, 1.82) is 0 Å². The van der Waals surface area contributed by atoms with Crippen LogP contribution in [0, 0.1) is 0 Å². The average Bonchev–Trinajstić information content (AvgIpc) is 2.09. The SMILES string of the molecule is COc1cc(Cl)c(Cl)cc1CCl.